The number of aliphatic hydroxyl groups is 2. The fourth-order valence-electron chi connectivity index (χ4n) is 11.0. The van der Waals surface area contributed by atoms with E-state index < -0.39 is 18.3 Å². The highest BCUT2D eigenvalue weighted by molar-refractivity contribution is 9.10. The Bertz CT molecular complexity index is 3170. The first-order chi connectivity index (χ1) is 34.1. The maximum Gasteiger partial charge on any atom is 0.497 e. The predicted octanol–water partition coefficient (Wildman–Crippen LogP) is 12.6. The van der Waals surface area contributed by atoms with Gasteiger partial charge in [-0.3, -0.25) is 9.97 Å². The van der Waals surface area contributed by atoms with E-state index in [4.69, 9.17) is 9.31 Å². The average molecular weight is 1030 g/mol. The molecule has 0 atom stereocenters. The number of aromatic nitrogens is 4. The first-order valence-corrected chi connectivity index (χ1v) is 26.5. The number of halogens is 1. The molecule has 0 radical (unpaired) electrons. The van der Waals surface area contributed by atoms with Crippen LogP contribution in [-0.4, -0.2) is 65.4 Å². The molecule has 72 heavy (non-hydrogen) atoms. The van der Waals surface area contributed by atoms with Gasteiger partial charge in [0, 0.05) is 91.5 Å². The van der Waals surface area contributed by atoms with E-state index in [0.717, 1.165) is 123 Å². The lowest BCUT2D eigenvalue weighted by Crippen LogP contribution is -2.41. The molecule has 0 spiro atoms. The molecule has 4 aromatic heterocycles. The van der Waals surface area contributed by atoms with Crippen molar-refractivity contribution in [1.82, 2.24) is 19.1 Å². The van der Waals surface area contributed by atoms with Gasteiger partial charge in [-0.05, 0) is 181 Å². The summed E-state index contributed by atoms with van der Waals surface area (Å²) in [5.74, 6) is 0. The first-order valence-electron chi connectivity index (χ1n) is 25.7. The number of benzene rings is 2. The van der Waals surface area contributed by atoms with Crippen molar-refractivity contribution in [1.29, 1.82) is 10.5 Å². The Morgan fingerprint density at radius 1 is 0.667 bits per heavy atom. The maximum absolute atomic E-state index is 9.99. The molecule has 3 N–H and O–H groups in total. The lowest BCUT2D eigenvalue weighted by molar-refractivity contribution is 0.00578. The van der Waals surface area contributed by atoms with Crippen molar-refractivity contribution in [3.63, 3.8) is 0 Å². The van der Waals surface area contributed by atoms with Crippen molar-refractivity contribution < 1.29 is 19.5 Å². The molecule has 6 heterocycles. The molecular weight excluding hydrogens is 961 g/mol. The summed E-state index contributed by atoms with van der Waals surface area (Å²) in [6.07, 6.45) is 28.7. The monoisotopic (exact) mass is 1030 g/mol. The summed E-state index contributed by atoms with van der Waals surface area (Å²) in [6.45, 7) is 21.0. The van der Waals surface area contributed by atoms with E-state index >= 15 is 0 Å². The van der Waals surface area contributed by atoms with Crippen LogP contribution in [0.1, 0.15) is 158 Å². The molecule has 1 saturated heterocycles. The number of rotatable bonds is 4. The van der Waals surface area contributed by atoms with E-state index in [2.05, 4.69) is 157 Å². The van der Waals surface area contributed by atoms with Crippen LogP contribution in [0, 0.1) is 41.9 Å². The standard InChI is InChI=1S/C26H28N4O.C22H29BN2O3.C11H12BrN/c1-16-10-25-21(11-17(16)12-27)23(15-30(25)18-4-6-19(31)7-5-18)22-13-28-14-24-20(22)8-9-26(2,3)29-24;1-14-10-20-18(11-15(14)12-24)19(23-27-21(2,3)22(4,5)28-23)13-25(20)16-6-8-17(26)9-7-16;1-11(2)4-3-9-8(5-11)6-13-7-10(9)12/h8-11,13-15,18-19,29,31H,4-7H2,1-3H3;10-11,13,16-17,26H,6-9H2,1-5H3;3-4,6-7H,5H2,1-2H3. The number of allylic oxidation sites excluding steroid dienone is 1. The molecule has 2 aliphatic heterocycles. The first kappa shape index (κ1) is 51.4. The number of anilines is 1. The van der Waals surface area contributed by atoms with Crippen molar-refractivity contribution in [2.75, 3.05) is 5.32 Å². The van der Waals surface area contributed by atoms with Crippen LogP contribution in [-0.2, 0) is 15.7 Å². The molecule has 2 aromatic carbocycles. The third-order valence-corrected chi connectivity index (χ3v) is 16.7. The predicted molar refractivity (Wildman–Crippen MR) is 294 cm³/mol. The SMILES string of the molecule is CC1(C)C=Cc2c(Br)cncc2C1.Cc1cc2c(cc1C#N)c(-c1cncc3c1C=CC(C)(C)N3)cn2C1CCC(O)CC1.Cc1cc2c(cc1C#N)c(B1OC(C)(C)C(C)(C)O1)cn2C1CCC(O)CC1. The number of hydrogen-bond acceptors (Lipinski definition) is 9. The third-order valence-electron chi connectivity index (χ3n) is 16.0. The fourth-order valence-corrected chi connectivity index (χ4v) is 11.5. The Morgan fingerprint density at radius 3 is 1.78 bits per heavy atom. The summed E-state index contributed by atoms with van der Waals surface area (Å²) < 4.78 is 18.4. The van der Waals surface area contributed by atoms with Crippen LogP contribution in [0.2, 0.25) is 0 Å². The number of nitriles is 2. The number of nitrogens with one attached hydrogen (secondary N) is 1. The molecule has 13 heteroatoms. The minimum atomic E-state index is -0.461. The summed E-state index contributed by atoms with van der Waals surface area (Å²) in [7, 11) is -0.461. The number of aryl methyl sites for hydroxylation is 2. The van der Waals surface area contributed by atoms with Crippen molar-refractivity contribution in [3.8, 4) is 23.3 Å². The van der Waals surface area contributed by atoms with Crippen molar-refractivity contribution in [3.05, 3.63) is 117 Å². The molecule has 2 saturated carbocycles. The Kier molecular flexibility index (Phi) is 14.1. The molecule has 11 nitrogen and oxygen atoms in total. The number of fused-ring (bicyclic) bond motifs is 4. The van der Waals surface area contributed by atoms with E-state index in [1.165, 1.54) is 11.1 Å². The van der Waals surface area contributed by atoms with Gasteiger partial charge in [0.05, 0.1) is 64.1 Å². The molecule has 5 aliphatic rings. The highest BCUT2D eigenvalue weighted by Gasteiger charge is 2.52. The number of nitrogens with zero attached hydrogens (tertiary/aromatic N) is 6. The Balaban J connectivity index is 0.000000144. The molecule has 0 bridgehead atoms. The van der Waals surface area contributed by atoms with Gasteiger partial charge in [-0.1, -0.05) is 38.2 Å². The smallest absolute Gasteiger partial charge is 0.399 e. The van der Waals surface area contributed by atoms with Gasteiger partial charge < -0.3 is 34.0 Å². The number of aliphatic hydroxyl groups excluding tert-OH is 2. The maximum atomic E-state index is 9.99. The second kappa shape index (κ2) is 19.7. The highest BCUT2D eigenvalue weighted by atomic mass is 79.9. The minimum Gasteiger partial charge on any atom is -0.399 e. The van der Waals surface area contributed by atoms with Gasteiger partial charge >= 0.3 is 7.12 Å². The second-order valence-electron chi connectivity index (χ2n) is 23.1. The fraction of sp³-hybridized carbons (Fsp3) is 0.458. The van der Waals surface area contributed by atoms with Crippen LogP contribution in [0.5, 0.6) is 0 Å². The molecule has 3 aliphatic carbocycles. The number of pyridine rings is 2. The van der Waals surface area contributed by atoms with Crippen LogP contribution in [0.15, 0.2) is 78.1 Å². The minimum absolute atomic E-state index is 0.116. The Labute approximate surface area is 434 Å². The van der Waals surface area contributed by atoms with Gasteiger partial charge in [0.2, 0.25) is 0 Å². The van der Waals surface area contributed by atoms with Crippen molar-refractivity contribution in [2.45, 2.75) is 168 Å². The van der Waals surface area contributed by atoms with Crippen molar-refractivity contribution in [2.24, 2.45) is 5.41 Å². The van der Waals surface area contributed by atoms with Gasteiger partial charge in [-0.15, -0.1) is 0 Å². The summed E-state index contributed by atoms with van der Waals surface area (Å²) in [5, 5.41) is 44.8. The average Bonchev–Trinajstić information content (AvgIpc) is 3.95. The normalized spacial score (nSPS) is 23.1. The largest absolute Gasteiger partial charge is 0.497 e. The third kappa shape index (κ3) is 10.2. The van der Waals surface area contributed by atoms with Gasteiger partial charge in [-0.2, -0.15) is 10.5 Å². The van der Waals surface area contributed by atoms with Crippen molar-refractivity contribution >= 4 is 68.2 Å². The molecular formula is C59H69BBrN7O4. The van der Waals surface area contributed by atoms with E-state index in [1.54, 1.807) is 0 Å². The number of hydrogen-bond donors (Lipinski definition) is 3. The Morgan fingerprint density at radius 2 is 1.19 bits per heavy atom. The van der Waals surface area contributed by atoms with Crippen LogP contribution in [0.25, 0.3) is 45.1 Å². The molecule has 3 fully saturated rings. The second-order valence-corrected chi connectivity index (χ2v) is 23.9. The zero-order chi connectivity index (χ0) is 51.5. The van der Waals surface area contributed by atoms with Gasteiger partial charge in [0.15, 0.2) is 0 Å². The lowest BCUT2D eigenvalue weighted by atomic mass is 9.78. The molecule has 6 aromatic rings. The topological polar surface area (TPSA) is 154 Å². The summed E-state index contributed by atoms with van der Waals surface area (Å²) in [4.78, 5) is 8.72. The molecule has 374 valence electrons. The van der Waals surface area contributed by atoms with Crippen LogP contribution in [0.3, 0.4) is 0 Å². The van der Waals surface area contributed by atoms with Crippen LogP contribution >= 0.6 is 15.9 Å². The summed E-state index contributed by atoms with van der Waals surface area (Å²) in [5.41, 5.74) is 12.9. The van der Waals surface area contributed by atoms with E-state index in [-0.39, 0.29) is 23.2 Å². The molecule has 11 rings (SSSR count). The zero-order valence-electron chi connectivity index (χ0n) is 43.6. The van der Waals surface area contributed by atoms with Crippen LogP contribution < -0.4 is 10.8 Å². The van der Waals surface area contributed by atoms with E-state index in [0.29, 0.717) is 23.2 Å². The molecule has 0 unspecified atom stereocenters. The summed E-state index contributed by atoms with van der Waals surface area (Å²) in [6, 6.07) is 13.6. The van der Waals surface area contributed by atoms with Gasteiger partial charge in [0.25, 0.3) is 0 Å². The van der Waals surface area contributed by atoms with E-state index in [9.17, 15) is 20.7 Å². The quantitative estimate of drug-likeness (QED) is 0.146. The van der Waals surface area contributed by atoms with E-state index in [1.807, 2.05) is 50.8 Å². The zero-order valence-corrected chi connectivity index (χ0v) is 45.2. The highest BCUT2D eigenvalue weighted by Crippen LogP contribution is 2.43. The lowest BCUT2D eigenvalue weighted by Gasteiger charge is -2.32. The summed E-state index contributed by atoms with van der Waals surface area (Å²) >= 11 is 3.51. The van der Waals surface area contributed by atoms with Gasteiger partial charge in [0.1, 0.15) is 0 Å². The molecule has 0 amide bonds. The Hall–Kier alpha value is -5.54. The van der Waals surface area contributed by atoms with Crippen LogP contribution in [0.4, 0.5) is 5.69 Å². The van der Waals surface area contributed by atoms with Gasteiger partial charge in [-0.25, -0.2) is 0 Å².